The highest BCUT2D eigenvalue weighted by atomic mass is 15.3. The maximum Gasteiger partial charge on any atom is 0.156 e. The third kappa shape index (κ3) is 2.58. The van der Waals surface area contributed by atoms with Gasteiger partial charge < -0.3 is 14.5 Å². The molecule has 7 heteroatoms. The molecule has 2 aliphatic heterocycles. The topological polar surface area (TPSA) is 75.5 Å². The first-order valence-corrected chi connectivity index (χ1v) is 9.35. The Labute approximate surface area is 146 Å². The maximum absolute atomic E-state index is 4.57. The molecule has 5 heterocycles. The average Bonchev–Trinajstić information content (AvgIpc) is 3.23. The minimum atomic E-state index is 0.511. The van der Waals surface area contributed by atoms with Gasteiger partial charge in [0.1, 0.15) is 23.5 Å². The first-order valence-electron chi connectivity index (χ1n) is 9.35. The zero-order chi connectivity index (χ0) is 16.6. The molecule has 0 aromatic carbocycles. The number of nitrogens with one attached hydrogen (secondary N) is 1. The standard InChI is InChI=1S/C18H23N7/c1-2-4-15-22-23-17(25(15)9-3-1)13-6-10-24(11-7-13)18-16-14(5-8-19-16)20-12-21-18/h5,8,12-13,19H,1-4,6-7,9-11H2. The van der Waals surface area contributed by atoms with Crippen molar-refractivity contribution in [1.82, 2.24) is 29.7 Å². The van der Waals surface area contributed by atoms with Crippen molar-refractivity contribution in [2.24, 2.45) is 0 Å². The van der Waals surface area contributed by atoms with E-state index in [0.29, 0.717) is 5.92 Å². The molecule has 0 amide bonds. The second-order valence-electron chi connectivity index (χ2n) is 7.13. The fourth-order valence-electron chi connectivity index (χ4n) is 4.26. The fraction of sp³-hybridized carbons (Fsp3) is 0.556. The third-order valence-corrected chi connectivity index (χ3v) is 5.62. The molecule has 3 aromatic rings. The predicted molar refractivity (Wildman–Crippen MR) is 95.7 cm³/mol. The number of hydrogen-bond acceptors (Lipinski definition) is 5. The molecule has 1 fully saturated rings. The van der Waals surface area contributed by atoms with E-state index in [1.807, 2.05) is 12.3 Å². The third-order valence-electron chi connectivity index (χ3n) is 5.62. The summed E-state index contributed by atoms with van der Waals surface area (Å²) in [5.74, 6) is 3.94. The van der Waals surface area contributed by atoms with Crippen molar-refractivity contribution < 1.29 is 0 Å². The van der Waals surface area contributed by atoms with Crippen LogP contribution < -0.4 is 4.90 Å². The van der Waals surface area contributed by atoms with Crippen molar-refractivity contribution in [2.45, 2.75) is 51.0 Å². The zero-order valence-electron chi connectivity index (χ0n) is 14.4. The summed E-state index contributed by atoms with van der Waals surface area (Å²) in [5.41, 5.74) is 2.02. The van der Waals surface area contributed by atoms with Gasteiger partial charge in [-0.05, 0) is 31.7 Å². The largest absolute Gasteiger partial charge is 0.357 e. The number of rotatable bonds is 2. The number of anilines is 1. The van der Waals surface area contributed by atoms with E-state index < -0.39 is 0 Å². The van der Waals surface area contributed by atoms with Crippen LogP contribution in [0.2, 0.25) is 0 Å². The summed E-state index contributed by atoms with van der Waals surface area (Å²) in [6.45, 7) is 3.09. The van der Waals surface area contributed by atoms with Crippen molar-refractivity contribution in [1.29, 1.82) is 0 Å². The molecule has 0 bridgehead atoms. The Morgan fingerprint density at radius 1 is 1.00 bits per heavy atom. The lowest BCUT2D eigenvalue weighted by Gasteiger charge is -2.32. The van der Waals surface area contributed by atoms with Crippen LogP contribution in [0.4, 0.5) is 5.82 Å². The minimum Gasteiger partial charge on any atom is -0.357 e. The van der Waals surface area contributed by atoms with Gasteiger partial charge in [-0.1, -0.05) is 6.42 Å². The van der Waals surface area contributed by atoms with Crippen LogP contribution in [0.5, 0.6) is 0 Å². The Bertz CT molecular complexity index is 873. The molecule has 3 aromatic heterocycles. The van der Waals surface area contributed by atoms with Crippen LogP contribution in [-0.2, 0) is 13.0 Å². The molecule has 1 N–H and O–H groups in total. The van der Waals surface area contributed by atoms with E-state index in [0.717, 1.165) is 55.7 Å². The van der Waals surface area contributed by atoms with Crippen molar-refractivity contribution >= 4 is 16.9 Å². The Morgan fingerprint density at radius 3 is 2.84 bits per heavy atom. The number of aromatic nitrogens is 6. The van der Waals surface area contributed by atoms with Crippen LogP contribution in [0.15, 0.2) is 18.6 Å². The first-order chi connectivity index (χ1) is 12.4. The van der Waals surface area contributed by atoms with Gasteiger partial charge in [-0.2, -0.15) is 0 Å². The lowest BCUT2D eigenvalue weighted by atomic mass is 9.95. The normalized spacial score (nSPS) is 19.1. The molecule has 130 valence electrons. The van der Waals surface area contributed by atoms with Crippen molar-refractivity contribution in [2.75, 3.05) is 18.0 Å². The lowest BCUT2D eigenvalue weighted by molar-refractivity contribution is 0.458. The van der Waals surface area contributed by atoms with Crippen molar-refractivity contribution in [3.8, 4) is 0 Å². The fourth-order valence-corrected chi connectivity index (χ4v) is 4.26. The minimum absolute atomic E-state index is 0.511. The van der Waals surface area contributed by atoms with Gasteiger partial charge in [0.25, 0.3) is 0 Å². The van der Waals surface area contributed by atoms with Gasteiger partial charge in [0.05, 0.1) is 5.52 Å². The van der Waals surface area contributed by atoms with Gasteiger partial charge in [-0.25, -0.2) is 9.97 Å². The highest BCUT2D eigenvalue weighted by Crippen LogP contribution is 2.32. The SMILES string of the molecule is c1nc(N2CCC(c3nnc4n3CCCCC4)CC2)c2[nH]ccc2n1. The number of aromatic amines is 1. The van der Waals surface area contributed by atoms with Crippen molar-refractivity contribution in [3.05, 3.63) is 30.2 Å². The number of nitrogens with zero attached hydrogens (tertiary/aromatic N) is 6. The molecule has 2 aliphatic rings. The van der Waals surface area contributed by atoms with Crippen LogP contribution in [0, 0.1) is 0 Å². The number of piperidine rings is 1. The van der Waals surface area contributed by atoms with Crippen LogP contribution in [0.1, 0.15) is 49.7 Å². The molecule has 0 saturated carbocycles. The quantitative estimate of drug-likeness (QED) is 0.778. The lowest BCUT2D eigenvalue weighted by Crippen LogP contribution is -2.34. The molecule has 0 unspecified atom stereocenters. The molecule has 0 atom stereocenters. The average molecular weight is 337 g/mol. The van der Waals surface area contributed by atoms with E-state index in [2.05, 4.69) is 34.6 Å². The second-order valence-corrected chi connectivity index (χ2v) is 7.13. The van der Waals surface area contributed by atoms with Gasteiger partial charge in [-0.3, -0.25) is 0 Å². The van der Waals surface area contributed by atoms with Gasteiger partial charge >= 0.3 is 0 Å². The molecule has 7 nitrogen and oxygen atoms in total. The van der Waals surface area contributed by atoms with Gasteiger partial charge in [0.15, 0.2) is 5.82 Å². The summed E-state index contributed by atoms with van der Waals surface area (Å²) in [7, 11) is 0. The molecule has 0 aliphatic carbocycles. The van der Waals surface area contributed by atoms with E-state index in [1.165, 1.54) is 30.9 Å². The molecular weight excluding hydrogens is 314 g/mol. The smallest absolute Gasteiger partial charge is 0.156 e. The van der Waals surface area contributed by atoms with Gasteiger partial charge in [-0.15, -0.1) is 10.2 Å². The summed E-state index contributed by atoms with van der Waals surface area (Å²) in [6, 6.07) is 2.00. The number of aryl methyl sites for hydroxylation is 1. The van der Waals surface area contributed by atoms with Crippen LogP contribution in [-0.4, -0.2) is 42.8 Å². The van der Waals surface area contributed by atoms with Crippen LogP contribution in [0.3, 0.4) is 0 Å². The van der Waals surface area contributed by atoms with Crippen molar-refractivity contribution in [3.63, 3.8) is 0 Å². The highest BCUT2D eigenvalue weighted by Gasteiger charge is 2.28. The van der Waals surface area contributed by atoms with E-state index in [9.17, 15) is 0 Å². The molecule has 0 spiro atoms. The predicted octanol–water partition coefficient (Wildman–Crippen LogP) is 2.66. The maximum atomic E-state index is 4.57. The molecule has 0 radical (unpaired) electrons. The Hall–Kier alpha value is -2.44. The summed E-state index contributed by atoms with van der Waals surface area (Å²) in [4.78, 5) is 14.5. The Morgan fingerprint density at radius 2 is 1.92 bits per heavy atom. The van der Waals surface area contributed by atoms with E-state index >= 15 is 0 Å². The molecule has 1 saturated heterocycles. The van der Waals surface area contributed by atoms with Crippen LogP contribution in [0.25, 0.3) is 11.0 Å². The zero-order valence-corrected chi connectivity index (χ0v) is 14.4. The summed E-state index contributed by atoms with van der Waals surface area (Å²) in [5, 5.41) is 9.04. The molecule has 5 rings (SSSR count). The van der Waals surface area contributed by atoms with Gasteiger partial charge in [0, 0.05) is 38.2 Å². The summed E-state index contributed by atoms with van der Waals surface area (Å²) in [6.07, 6.45) is 10.7. The summed E-state index contributed by atoms with van der Waals surface area (Å²) < 4.78 is 2.40. The van der Waals surface area contributed by atoms with E-state index in [-0.39, 0.29) is 0 Å². The van der Waals surface area contributed by atoms with Crippen LogP contribution >= 0.6 is 0 Å². The Balaban J connectivity index is 1.35. The second kappa shape index (κ2) is 6.13. The van der Waals surface area contributed by atoms with Gasteiger partial charge in [0.2, 0.25) is 0 Å². The van der Waals surface area contributed by atoms with E-state index in [1.54, 1.807) is 6.33 Å². The molecule has 25 heavy (non-hydrogen) atoms. The molecular formula is C18H23N7. The first kappa shape index (κ1) is 14.9. The number of hydrogen-bond donors (Lipinski definition) is 1. The number of H-pyrrole nitrogens is 1. The monoisotopic (exact) mass is 337 g/mol. The van der Waals surface area contributed by atoms with E-state index in [4.69, 9.17) is 0 Å². The number of fused-ring (bicyclic) bond motifs is 2. The Kier molecular flexibility index (Phi) is 3.64. The highest BCUT2D eigenvalue weighted by molar-refractivity contribution is 5.85. The summed E-state index contributed by atoms with van der Waals surface area (Å²) >= 11 is 0.